The molecule has 1 heterocycles. The molecule has 3 nitrogen and oxygen atoms in total. The van der Waals surface area contributed by atoms with Gasteiger partial charge in [0.25, 0.3) is 0 Å². The highest BCUT2D eigenvalue weighted by Crippen LogP contribution is 2.28. The molecule has 1 aliphatic rings. The van der Waals surface area contributed by atoms with Crippen molar-refractivity contribution in [1.82, 2.24) is 0 Å². The van der Waals surface area contributed by atoms with E-state index in [1.54, 1.807) is 6.07 Å². The van der Waals surface area contributed by atoms with E-state index in [2.05, 4.69) is 4.74 Å². The molecule has 1 fully saturated rings. The zero-order chi connectivity index (χ0) is 10.1. The maximum absolute atomic E-state index is 13.2. The van der Waals surface area contributed by atoms with Gasteiger partial charge in [0.15, 0.2) is 0 Å². The average Bonchev–Trinajstić information content (AvgIpc) is 2.46. The number of hydrogen-bond donors (Lipinski definition) is 0. The maximum atomic E-state index is 13.2. The monoisotopic (exact) mass is 194 g/mol. The van der Waals surface area contributed by atoms with Crippen LogP contribution in [-0.4, -0.2) is 11.9 Å². The van der Waals surface area contributed by atoms with E-state index in [0.717, 1.165) is 0 Å². The second-order valence-corrected chi connectivity index (χ2v) is 3.07. The molecule has 0 aliphatic carbocycles. The van der Waals surface area contributed by atoms with E-state index in [0.29, 0.717) is 0 Å². The predicted octanol–water partition coefficient (Wildman–Crippen LogP) is 1.38. The van der Waals surface area contributed by atoms with Gasteiger partial charge in [0.2, 0.25) is 0 Å². The van der Waals surface area contributed by atoms with Crippen molar-refractivity contribution >= 4 is 11.9 Å². The number of rotatable bonds is 1. The van der Waals surface area contributed by atoms with Crippen molar-refractivity contribution in [1.29, 1.82) is 0 Å². The Bertz CT molecular complexity index is 400. The molecule has 1 atom stereocenters. The maximum Gasteiger partial charge on any atom is 0.321 e. The van der Waals surface area contributed by atoms with Crippen LogP contribution in [0.1, 0.15) is 17.9 Å². The van der Waals surface area contributed by atoms with Crippen molar-refractivity contribution in [2.75, 3.05) is 0 Å². The number of hydrogen-bond acceptors (Lipinski definition) is 3. The zero-order valence-corrected chi connectivity index (χ0v) is 7.20. The number of halogens is 1. The Balaban J connectivity index is 2.36. The van der Waals surface area contributed by atoms with Gasteiger partial charge in [-0.2, -0.15) is 0 Å². The Morgan fingerprint density at radius 3 is 2.57 bits per heavy atom. The van der Waals surface area contributed by atoms with Gasteiger partial charge in [-0.15, -0.1) is 0 Å². The van der Waals surface area contributed by atoms with Gasteiger partial charge in [0.05, 0.1) is 12.3 Å². The van der Waals surface area contributed by atoms with Crippen molar-refractivity contribution in [2.24, 2.45) is 0 Å². The van der Waals surface area contributed by atoms with E-state index in [1.807, 2.05) is 0 Å². The van der Waals surface area contributed by atoms with E-state index in [4.69, 9.17) is 0 Å². The normalized spacial score (nSPS) is 21.1. The molecule has 4 heteroatoms. The summed E-state index contributed by atoms with van der Waals surface area (Å²) < 4.78 is 17.6. The van der Waals surface area contributed by atoms with E-state index < -0.39 is 23.7 Å². The molecule has 0 radical (unpaired) electrons. The minimum atomic E-state index is -0.774. The molecule has 2 rings (SSSR count). The van der Waals surface area contributed by atoms with Crippen molar-refractivity contribution < 1.29 is 18.7 Å². The predicted molar refractivity (Wildman–Crippen MR) is 44.9 cm³/mol. The van der Waals surface area contributed by atoms with Gasteiger partial charge in [-0.3, -0.25) is 9.59 Å². The number of benzene rings is 1. The fraction of sp³-hybridized carbons (Fsp3) is 0.200. The fourth-order valence-corrected chi connectivity index (χ4v) is 1.47. The second kappa shape index (κ2) is 3.21. The Labute approximate surface area is 79.5 Å². The summed E-state index contributed by atoms with van der Waals surface area (Å²) in [6.07, 6.45) is -0.0697. The minimum absolute atomic E-state index is 0.0697. The smallest absolute Gasteiger partial charge is 0.321 e. The standard InChI is InChI=1S/C10H7FO3/c11-8-4-2-1-3-6(8)7-5-9(12)14-10(7)13/h1-4,7H,5H2/t7-/m1/s1. The first-order chi connectivity index (χ1) is 6.68. The third-order valence-electron chi connectivity index (χ3n) is 2.15. The van der Waals surface area contributed by atoms with Crippen molar-refractivity contribution in [2.45, 2.75) is 12.3 Å². The van der Waals surface area contributed by atoms with Gasteiger partial charge >= 0.3 is 11.9 Å². The molecule has 0 spiro atoms. The first-order valence-corrected chi connectivity index (χ1v) is 4.17. The van der Waals surface area contributed by atoms with Crippen LogP contribution < -0.4 is 0 Å². The first kappa shape index (κ1) is 8.87. The SMILES string of the molecule is O=C1C[C@H](c2ccccc2F)C(=O)O1. The summed E-state index contributed by atoms with van der Waals surface area (Å²) in [6, 6.07) is 5.89. The van der Waals surface area contributed by atoms with Crippen molar-refractivity contribution in [3.05, 3.63) is 35.6 Å². The van der Waals surface area contributed by atoms with Crippen LogP contribution in [0, 0.1) is 5.82 Å². The van der Waals surface area contributed by atoms with Gasteiger partial charge in [-0.05, 0) is 6.07 Å². The summed E-state index contributed by atoms with van der Waals surface area (Å²) in [7, 11) is 0. The summed E-state index contributed by atoms with van der Waals surface area (Å²) in [5, 5.41) is 0. The summed E-state index contributed by atoms with van der Waals surface area (Å²) in [5.74, 6) is -2.52. The molecule has 1 aliphatic heterocycles. The molecule has 0 N–H and O–H groups in total. The number of carbonyl (C=O) groups excluding carboxylic acids is 2. The molecule has 0 saturated carbocycles. The molecular weight excluding hydrogens is 187 g/mol. The lowest BCUT2D eigenvalue weighted by atomic mass is 9.97. The van der Waals surface area contributed by atoms with Crippen LogP contribution >= 0.6 is 0 Å². The highest BCUT2D eigenvalue weighted by molar-refractivity contribution is 5.97. The van der Waals surface area contributed by atoms with Crippen LogP contribution in [-0.2, 0) is 14.3 Å². The van der Waals surface area contributed by atoms with E-state index in [1.165, 1.54) is 18.2 Å². The quantitative estimate of drug-likeness (QED) is 0.501. The Kier molecular flexibility index (Phi) is 2.04. The lowest BCUT2D eigenvalue weighted by Crippen LogP contribution is -2.07. The van der Waals surface area contributed by atoms with E-state index >= 15 is 0 Å². The van der Waals surface area contributed by atoms with Gasteiger partial charge in [0.1, 0.15) is 5.82 Å². The molecule has 1 aromatic carbocycles. The average molecular weight is 194 g/mol. The number of esters is 2. The number of carbonyl (C=O) groups is 2. The van der Waals surface area contributed by atoms with Gasteiger partial charge in [-0.25, -0.2) is 4.39 Å². The van der Waals surface area contributed by atoms with Crippen molar-refractivity contribution in [3.8, 4) is 0 Å². The lowest BCUT2D eigenvalue weighted by molar-refractivity contribution is -0.152. The molecule has 0 aromatic heterocycles. The molecule has 14 heavy (non-hydrogen) atoms. The summed E-state index contributed by atoms with van der Waals surface area (Å²) >= 11 is 0. The third-order valence-corrected chi connectivity index (χ3v) is 2.15. The van der Waals surface area contributed by atoms with Crippen LogP contribution in [0.5, 0.6) is 0 Å². The summed E-state index contributed by atoms with van der Waals surface area (Å²) in [6.45, 7) is 0. The van der Waals surface area contributed by atoms with Crippen LogP contribution in [0.15, 0.2) is 24.3 Å². The Morgan fingerprint density at radius 2 is 2.00 bits per heavy atom. The first-order valence-electron chi connectivity index (χ1n) is 4.17. The zero-order valence-electron chi connectivity index (χ0n) is 7.20. The molecule has 0 amide bonds. The largest absolute Gasteiger partial charge is 0.393 e. The van der Waals surface area contributed by atoms with Crippen LogP contribution in [0.4, 0.5) is 4.39 Å². The van der Waals surface area contributed by atoms with Crippen LogP contribution in [0.3, 0.4) is 0 Å². The lowest BCUT2D eigenvalue weighted by Gasteiger charge is -2.04. The van der Waals surface area contributed by atoms with Crippen LogP contribution in [0.25, 0.3) is 0 Å². The van der Waals surface area contributed by atoms with Gasteiger partial charge < -0.3 is 4.74 Å². The fourth-order valence-electron chi connectivity index (χ4n) is 1.47. The molecule has 0 unspecified atom stereocenters. The molecule has 1 aromatic rings. The number of cyclic esters (lactones) is 2. The second-order valence-electron chi connectivity index (χ2n) is 3.07. The van der Waals surface area contributed by atoms with Crippen LogP contribution in [0.2, 0.25) is 0 Å². The topological polar surface area (TPSA) is 43.4 Å². The molecular formula is C10H7FO3. The Morgan fingerprint density at radius 1 is 1.29 bits per heavy atom. The minimum Gasteiger partial charge on any atom is -0.393 e. The highest BCUT2D eigenvalue weighted by Gasteiger charge is 2.35. The molecule has 0 bridgehead atoms. The van der Waals surface area contributed by atoms with E-state index in [-0.39, 0.29) is 12.0 Å². The van der Waals surface area contributed by atoms with E-state index in [9.17, 15) is 14.0 Å². The van der Waals surface area contributed by atoms with Gasteiger partial charge in [0, 0.05) is 5.56 Å². The molecule has 72 valence electrons. The summed E-state index contributed by atoms with van der Waals surface area (Å²) in [4.78, 5) is 21.9. The highest BCUT2D eigenvalue weighted by atomic mass is 19.1. The molecule has 1 saturated heterocycles. The van der Waals surface area contributed by atoms with Gasteiger partial charge in [-0.1, -0.05) is 18.2 Å². The van der Waals surface area contributed by atoms with Crippen molar-refractivity contribution in [3.63, 3.8) is 0 Å². The Hall–Kier alpha value is -1.71. The summed E-state index contributed by atoms with van der Waals surface area (Å²) in [5.41, 5.74) is 0.225. The number of ether oxygens (including phenoxy) is 1. The third kappa shape index (κ3) is 1.39.